The molecule has 19 heavy (non-hydrogen) atoms. The van der Waals surface area contributed by atoms with E-state index in [1.165, 1.54) is 6.08 Å². The van der Waals surface area contributed by atoms with Crippen LogP contribution in [0, 0.1) is 0 Å². The van der Waals surface area contributed by atoms with Crippen LogP contribution in [-0.2, 0) is 18.3 Å². The second kappa shape index (κ2) is 8.81. The molecule has 0 aromatic rings. The number of nitrogens with zero attached hydrogens (tertiary/aromatic N) is 1. The van der Waals surface area contributed by atoms with Crippen molar-refractivity contribution in [1.29, 1.82) is 0 Å². The van der Waals surface area contributed by atoms with Crippen LogP contribution in [0.2, 0.25) is 0 Å². The zero-order chi connectivity index (χ0) is 14.9. The molecule has 0 heterocycles. The smallest absolute Gasteiger partial charge is 0.394 e. The number of phosphoric acid groups is 1. The van der Waals surface area contributed by atoms with Crippen molar-refractivity contribution < 1.29 is 32.8 Å². The molecule has 0 spiro atoms. The molecule has 7 nitrogen and oxygen atoms in total. The van der Waals surface area contributed by atoms with Gasteiger partial charge in [-0.3, -0.25) is 9.05 Å². The summed E-state index contributed by atoms with van der Waals surface area (Å²) in [6.45, 7) is 3.95. The molecular formula is C11H25NO6P+. The summed E-state index contributed by atoms with van der Waals surface area (Å²) >= 11 is 0. The molecule has 0 aliphatic heterocycles. The Morgan fingerprint density at radius 1 is 1.42 bits per heavy atom. The molecule has 0 fully saturated rings. The zero-order valence-corrected chi connectivity index (χ0v) is 12.7. The Hall–Kier alpha value is -0.270. The maximum atomic E-state index is 11.6. The van der Waals surface area contributed by atoms with Gasteiger partial charge in [0, 0.05) is 0 Å². The third-order valence-electron chi connectivity index (χ3n) is 2.04. The molecule has 2 N–H and O–H groups in total. The first-order valence-corrected chi connectivity index (χ1v) is 7.45. The van der Waals surface area contributed by atoms with E-state index >= 15 is 0 Å². The summed E-state index contributed by atoms with van der Waals surface area (Å²) in [7, 11) is 1.63. The molecule has 0 aromatic carbocycles. The third-order valence-corrected chi connectivity index (χ3v) is 3.12. The van der Waals surface area contributed by atoms with E-state index in [1.807, 2.05) is 21.1 Å². The molecule has 1 unspecified atom stereocenters. The lowest BCUT2D eigenvalue weighted by Crippen LogP contribution is -2.37. The number of quaternary nitrogens is 1. The maximum absolute atomic E-state index is 11.6. The predicted molar refractivity (Wildman–Crippen MR) is 71.7 cm³/mol. The summed E-state index contributed by atoms with van der Waals surface area (Å²) in [6, 6.07) is 0. The molecule has 0 radical (unpaired) electrons. The van der Waals surface area contributed by atoms with Gasteiger partial charge in [0.1, 0.15) is 19.3 Å². The van der Waals surface area contributed by atoms with Crippen molar-refractivity contribution in [2.75, 3.05) is 54.1 Å². The second-order valence-corrected chi connectivity index (χ2v) is 6.46. The lowest BCUT2D eigenvalue weighted by atomic mass is 10.4. The van der Waals surface area contributed by atoms with Gasteiger partial charge in [-0.05, 0) is 0 Å². The molecular weight excluding hydrogens is 273 g/mol. The number of aliphatic hydroxyl groups is 1. The van der Waals surface area contributed by atoms with Crippen LogP contribution in [-0.4, -0.2) is 74.7 Å². The highest BCUT2D eigenvalue weighted by Gasteiger charge is 2.27. The number of hydrogen-bond donors (Lipinski definition) is 2. The maximum Gasteiger partial charge on any atom is 0.472 e. The molecule has 114 valence electrons. The Bertz CT molecular complexity index is 304. The van der Waals surface area contributed by atoms with E-state index in [0.29, 0.717) is 11.0 Å². The predicted octanol–water partition coefficient (Wildman–Crippen LogP) is 0.390. The molecule has 0 aliphatic carbocycles. The van der Waals surface area contributed by atoms with Gasteiger partial charge in [-0.15, -0.1) is 6.58 Å². The second-order valence-electron chi connectivity index (χ2n) is 5.05. The topological polar surface area (TPSA) is 85.2 Å². The van der Waals surface area contributed by atoms with Crippen molar-refractivity contribution in [3.63, 3.8) is 0 Å². The summed E-state index contributed by atoms with van der Waals surface area (Å²) in [4.78, 5) is 9.49. The van der Waals surface area contributed by atoms with Crippen molar-refractivity contribution in [3.8, 4) is 0 Å². The standard InChI is InChI=1S/C11H24NO6P/c1-5-7-16-10-11(9-13)18-19(14,15)17-8-6-12(2,3)4/h5,11,13H,1,6-10H2,2-4H3/p+1/t11-/m0/s1. The number of likely N-dealkylation sites (N-methyl/N-ethyl adjacent to an activating group) is 1. The van der Waals surface area contributed by atoms with E-state index < -0.39 is 20.5 Å². The molecule has 0 aliphatic rings. The average molecular weight is 298 g/mol. The summed E-state index contributed by atoms with van der Waals surface area (Å²) < 4.78 is 26.9. The molecule has 0 rings (SSSR count). The van der Waals surface area contributed by atoms with Crippen molar-refractivity contribution in [3.05, 3.63) is 12.7 Å². The highest BCUT2D eigenvalue weighted by atomic mass is 31.2. The Labute approximate surface area is 114 Å². The number of hydrogen-bond acceptors (Lipinski definition) is 5. The van der Waals surface area contributed by atoms with E-state index in [4.69, 9.17) is 18.9 Å². The number of phosphoric ester groups is 1. The van der Waals surface area contributed by atoms with E-state index in [-0.39, 0.29) is 19.8 Å². The van der Waals surface area contributed by atoms with Crippen molar-refractivity contribution in [1.82, 2.24) is 0 Å². The van der Waals surface area contributed by atoms with Crippen LogP contribution in [0.4, 0.5) is 0 Å². The Kier molecular flexibility index (Phi) is 8.69. The van der Waals surface area contributed by atoms with Crippen molar-refractivity contribution in [2.24, 2.45) is 0 Å². The first-order valence-electron chi connectivity index (χ1n) is 5.96. The van der Waals surface area contributed by atoms with Gasteiger partial charge in [-0.1, -0.05) is 6.08 Å². The SMILES string of the molecule is C=CCOC[C@H](CO)OP(=O)(O)OCC[N+](C)(C)C. The molecule has 2 atom stereocenters. The van der Waals surface area contributed by atoms with Crippen LogP contribution in [0.1, 0.15) is 0 Å². The van der Waals surface area contributed by atoms with Crippen LogP contribution in [0.15, 0.2) is 12.7 Å². The van der Waals surface area contributed by atoms with Gasteiger partial charge < -0.3 is 19.2 Å². The molecule has 0 bridgehead atoms. The third kappa shape index (κ3) is 11.3. The van der Waals surface area contributed by atoms with Crippen LogP contribution in [0.3, 0.4) is 0 Å². The molecule has 8 heteroatoms. The molecule has 0 saturated carbocycles. The Morgan fingerprint density at radius 3 is 2.53 bits per heavy atom. The average Bonchev–Trinajstić information content (AvgIpc) is 2.25. The van der Waals surface area contributed by atoms with E-state index in [1.54, 1.807) is 0 Å². The molecule has 0 aromatic heterocycles. The first kappa shape index (κ1) is 18.7. The summed E-state index contributed by atoms with van der Waals surface area (Å²) in [5.41, 5.74) is 0. The summed E-state index contributed by atoms with van der Waals surface area (Å²) in [6.07, 6.45) is 0.630. The highest BCUT2D eigenvalue weighted by molar-refractivity contribution is 7.47. The lowest BCUT2D eigenvalue weighted by Gasteiger charge is -2.24. The van der Waals surface area contributed by atoms with Gasteiger partial charge in [-0.25, -0.2) is 4.57 Å². The van der Waals surface area contributed by atoms with Gasteiger partial charge >= 0.3 is 7.82 Å². The number of aliphatic hydroxyl groups excluding tert-OH is 1. The van der Waals surface area contributed by atoms with Crippen molar-refractivity contribution >= 4 is 7.82 Å². The molecule has 0 saturated heterocycles. The normalized spacial score (nSPS) is 16.9. The fourth-order valence-corrected chi connectivity index (χ4v) is 1.93. The van der Waals surface area contributed by atoms with Gasteiger partial charge in [0.15, 0.2) is 0 Å². The van der Waals surface area contributed by atoms with Crippen molar-refractivity contribution in [2.45, 2.75) is 6.10 Å². The minimum Gasteiger partial charge on any atom is -0.394 e. The monoisotopic (exact) mass is 298 g/mol. The Balaban J connectivity index is 4.09. The minimum atomic E-state index is -4.18. The van der Waals surface area contributed by atoms with E-state index in [9.17, 15) is 9.46 Å². The first-order chi connectivity index (χ1) is 8.70. The highest BCUT2D eigenvalue weighted by Crippen LogP contribution is 2.44. The number of rotatable bonds is 11. The summed E-state index contributed by atoms with van der Waals surface area (Å²) in [5, 5.41) is 9.02. The van der Waals surface area contributed by atoms with Gasteiger partial charge in [0.2, 0.25) is 0 Å². The van der Waals surface area contributed by atoms with Gasteiger partial charge in [0.25, 0.3) is 0 Å². The minimum absolute atomic E-state index is 0.00817. The van der Waals surface area contributed by atoms with E-state index in [0.717, 1.165) is 0 Å². The van der Waals surface area contributed by atoms with Gasteiger partial charge in [0.05, 0.1) is 41.0 Å². The van der Waals surface area contributed by atoms with Crippen LogP contribution >= 0.6 is 7.82 Å². The van der Waals surface area contributed by atoms with Crippen LogP contribution < -0.4 is 0 Å². The fraction of sp³-hybridized carbons (Fsp3) is 0.818. The molecule has 0 amide bonds. The van der Waals surface area contributed by atoms with E-state index in [2.05, 4.69) is 6.58 Å². The Morgan fingerprint density at radius 2 is 2.05 bits per heavy atom. The quantitative estimate of drug-likeness (QED) is 0.248. The summed E-state index contributed by atoms with van der Waals surface area (Å²) in [5.74, 6) is 0. The van der Waals surface area contributed by atoms with Crippen LogP contribution in [0.25, 0.3) is 0 Å². The largest absolute Gasteiger partial charge is 0.472 e. The lowest BCUT2D eigenvalue weighted by molar-refractivity contribution is -0.870. The zero-order valence-electron chi connectivity index (χ0n) is 11.8. The van der Waals surface area contributed by atoms with Crippen LogP contribution in [0.5, 0.6) is 0 Å². The van der Waals surface area contributed by atoms with Gasteiger partial charge in [-0.2, -0.15) is 0 Å². The fourth-order valence-electron chi connectivity index (χ4n) is 1.05. The number of ether oxygens (including phenoxy) is 1.